The number of H-pyrrole nitrogens is 1. The van der Waals surface area contributed by atoms with Crippen LogP contribution in [-0.2, 0) is 16.1 Å². The van der Waals surface area contributed by atoms with E-state index >= 15 is 0 Å². The van der Waals surface area contributed by atoms with Gasteiger partial charge in [-0.05, 0) is 36.8 Å². The van der Waals surface area contributed by atoms with Crippen molar-refractivity contribution in [2.45, 2.75) is 19.5 Å². The van der Waals surface area contributed by atoms with E-state index in [9.17, 15) is 10.1 Å². The molecule has 1 aliphatic rings. The first kappa shape index (κ1) is 27.9. The van der Waals surface area contributed by atoms with Gasteiger partial charge in [0.2, 0.25) is 0 Å². The number of benzene rings is 1. The van der Waals surface area contributed by atoms with Crippen molar-refractivity contribution in [1.29, 1.82) is 5.26 Å². The van der Waals surface area contributed by atoms with Crippen molar-refractivity contribution in [3.8, 4) is 28.7 Å². The van der Waals surface area contributed by atoms with Crippen LogP contribution in [0.3, 0.4) is 0 Å². The van der Waals surface area contributed by atoms with Crippen LogP contribution in [0.5, 0.6) is 11.5 Å². The van der Waals surface area contributed by atoms with Gasteiger partial charge in [0.25, 0.3) is 5.91 Å². The topological polar surface area (TPSA) is 130 Å². The van der Waals surface area contributed by atoms with Gasteiger partial charge in [0.1, 0.15) is 17.3 Å². The Morgan fingerprint density at radius 3 is 2.73 bits per heavy atom. The van der Waals surface area contributed by atoms with E-state index < -0.39 is 5.91 Å². The number of carbonyl (C=O) groups is 1. The summed E-state index contributed by atoms with van der Waals surface area (Å²) in [6.45, 7) is 6.98. The van der Waals surface area contributed by atoms with Gasteiger partial charge in [-0.3, -0.25) is 14.4 Å². The maximum atomic E-state index is 13.1. The molecular weight excluding hydrogens is 522 g/mol. The number of pyridine rings is 1. The summed E-state index contributed by atoms with van der Waals surface area (Å²) in [5, 5.41) is 18.0. The molecule has 0 spiro atoms. The van der Waals surface area contributed by atoms with Crippen LogP contribution in [0.2, 0.25) is 0 Å². The minimum absolute atomic E-state index is 0.0143. The molecule has 11 nitrogen and oxygen atoms in total. The number of ether oxygens (including phenoxy) is 3. The number of aromatic amines is 1. The molecule has 1 aromatic carbocycles. The van der Waals surface area contributed by atoms with Gasteiger partial charge in [-0.15, -0.1) is 0 Å². The van der Waals surface area contributed by atoms with Crippen molar-refractivity contribution in [2.24, 2.45) is 0 Å². The third-order valence-corrected chi connectivity index (χ3v) is 7.20. The van der Waals surface area contributed by atoms with Gasteiger partial charge in [0.15, 0.2) is 11.5 Å². The number of nitriles is 1. The standard InChI is InChI=1S/C30H33N7O4/c1-20(21-4-5-27(39-2)28(14-21)40-3)35-30(38)22(15-31)12-24-17-33-29-26(24)13-23(16-32-29)25-18-34-37(19-25)7-6-36-8-10-41-11-9-36/h4-5,12-14,16-20H,6-11H2,1-3H3,(H,32,33)(H,35,38)/b22-12+/t20-/m1/s1. The van der Waals surface area contributed by atoms with E-state index in [0.29, 0.717) is 22.7 Å². The lowest BCUT2D eigenvalue weighted by atomic mass is 10.1. The van der Waals surface area contributed by atoms with E-state index in [2.05, 4.69) is 25.3 Å². The highest BCUT2D eigenvalue weighted by Gasteiger charge is 2.17. The molecule has 1 saturated heterocycles. The summed E-state index contributed by atoms with van der Waals surface area (Å²) in [7, 11) is 3.12. The van der Waals surface area contributed by atoms with Crippen molar-refractivity contribution in [2.75, 3.05) is 47.1 Å². The maximum absolute atomic E-state index is 13.1. The molecule has 4 aromatic rings. The molecule has 5 rings (SSSR count). The van der Waals surface area contributed by atoms with Crippen molar-refractivity contribution < 1.29 is 19.0 Å². The number of fused-ring (bicyclic) bond motifs is 1. The molecule has 41 heavy (non-hydrogen) atoms. The zero-order chi connectivity index (χ0) is 28.8. The lowest BCUT2D eigenvalue weighted by Crippen LogP contribution is -2.38. The Labute approximate surface area is 238 Å². The highest BCUT2D eigenvalue weighted by Crippen LogP contribution is 2.30. The fraction of sp³-hybridized carbons (Fsp3) is 0.333. The predicted octanol–water partition coefficient (Wildman–Crippen LogP) is 3.56. The third kappa shape index (κ3) is 6.40. The zero-order valence-corrected chi connectivity index (χ0v) is 23.4. The Balaban J connectivity index is 1.31. The number of rotatable bonds is 10. The van der Waals surface area contributed by atoms with Gasteiger partial charge in [0, 0.05) is 60.3 Å². The molecule has 0 radical (unpaired) electrons. The van der Waals surface area contributed by atoms with E-state index in [4.69, 9.17) is 14.2 Å². The summed E-state index contributed by atoms with van der Waals surface area (Å²) < 4.78 is 18.0. The number of carbonyl (C=O) groups excluding carboxylic acids is 1. The van der Waals surface area contributed by atoms with Crippen LogP contribution >= 0.6 is 0 Å². The van der Waals surface area contributed by atoms with Gasteiger partial charge in [-0.1, -0.05) is 6.07 Å². The summed E-state index contributed by atoms with van der Waals surface area (Å²) in [4.78, 5) is 23.1. The van der Waals surface area contributed by atoms with Gasteiger partial charge in [0.05, 0.1) is 46.2 Å². The largest absolute Gasteiger partial charge is 0.493 e. The average Bonchev–Trinajstić information content (AvgIpc) is 3.65. The minimum atomic E-state index is -0.477. The molecule has 2 N–H and O–H groups in total. The smallest absolute Gasteiger partial charge is 0.262 e. The molecule has 0 saturated carbocycles. The fourth-order valence-corrected chi connectivity index (χ4v) is 4.79. The molecule has 1 fully saturated rings. The van der Waals surface area contributed by atoms with Crippen LogP contribution < -0.4 is 14.8 Å². The van der Waals surface area contributed by atoms with Gasteiger partial charge in [-0.2, -0.15) is 10.4 Å². The lowest BCUT2D eigenvalue weighted by molar-refractivity contribution is -0.117. The predicted molar refractivity (Wildman–Crippen MR) is 154 cm³/mol. The molecule has 0 aliphatic carbocycles. The van der Waals surface area contributed by atoms with E-state index in [1.165, 1.54) is 0 Å². The number of nitrogens with one attached hydrogen (secondary N) is 2. The summed E-state index contributed by atoms with van der Waals surface area (Å²) in [5.74, 6) is 0.682. The van der Waals surface area contributed by atoms with Gasteiger partial charge in [-0.25, -0.2) is 4.98 Å². The Bertz CT molecular complexity index is 1590. The summed E-state index contributed by atoms with van der Waals surface area (Å²) >= 11 is 0. The lowest BCUT2D eigenvalue weighted by Gasteiger charge is -2.26. The third-order valence-electron chi connectivity index (χ3n) is 7.20. The molecule has 11 heteroatoms. The second kappa shape index (κ2) is 12.7. The quantitative estimate of drug-likeness (QED) is 0.224. The summed E-state index contributed by atoms with van der Waals surface area (Å²) in [5.41, 5.74) is 4.00. The summed E-state index contributed by atoms with van der Waals surface area (Å²) in [6, 6.07) is 9.10. The van der Waals surface area contributed by atoms with E-state index in [1.807, 2.05) is 42.2 Å². The first-order valence-electron chi connectivity index (χ1n) is 13.4. The number of nitrogens with zero attached hydrogens (tertiary/aromatic N) is 5. The monoisotopic (exact) mass is 555 g/mol. The number of aromatic nitrogens is 4. The number of hydrogen-bond donors (Lipinski definition) is 2. The van der Waals surface area contributed by atoms with Crippen LogP contribution in [0.4, 0.5) is 0 Å². The second-order valence-corrected chi connectivity index (χ2v) is 9.79. The van der Waals surface area contributed by atoms with Crippen molar-refractivity contribution in [3.63, 3.8) is 0 Å². The first-order chi connectivity index (χ1) is 20.0. The van der Waals surface area contributed by atoms with Gasteiger partial charge >= 0.3 is 0 Å². The summed E-state index contributed by atoms with van der Waals surface area (Å²) in [6.07, 6.45) is 8.95. The Kier molecular flexibility index (Phi) is 8.62. The van der Waals surface area contributed by atoms with Crippen LogP contribution in [0.1, 0.15) is 24.1 Å². The van der Waals surface area contributed by atoms with E-state index in [0.717, 1.165) is 61.5 Å². The van der Waals surface area contributed by atoms with Crippen molar-refractivity contribution in [3.05, 3.63) is 65.8 Å². The zero-order valence-electron chi connectivity index (χ0n) is 23.4. The molecule has 1 amide bonds. The van der Waals surface area contributed by atoms with Crippen molar-refractivity contribution >= 4 is 23.0 Å². The number of amides is 1. The average molecular weight is 556 g/mol. The van der Waals surface area contributed by atoms with Crippen LogP contribution in [0.25, 0.3) is 28.2 Å². The molecule has 1 atom stereocenters. The molecule has 212 valence electrons. The fourth-order valence-electron chi connectivity index (χ4n) is 4.79. The maximum Gasteiger partial charge on any atom is 0.262 e. The number of methoxy groups -OCH3 is 2. The SMILES string of the molecule is COc1ccc([C@@H](C)NC(=O)/C(C#N)=C/c2c[nH]c3ncc(-c4cnn(CCN5CCOCC5)c4)cc23)cc1OC. The van der Waals surface area contributed by atoms with E-state index in [1.54, 1.807) is 44.8 Å². The molecule has 0 unspecified atom stereocenters. The van der Waals surface area contributed by atoms with Crippen molar-refractivity contribution in [1.82, 2.24) is 30.0 Å². The highest BCUT2D eigenvalue weighted by atomic mass is 16.5. The van der Waals surface area contributed by atoms with E-state index in [-0.39, 0.29) is 11.6 Å². The van der Waals surface area contributed by atoms with Crippen LogP contribution in [0, 0.1) is 11.3 Å². The minimum Gasteiger partial charge on any atom is -0.493 e. The van der Waals surface area contributed by atoms with Crippen LogP contribution in [0.15, 0.2) is 54.6 Å². The Hall–Kier alpha value is -4.66. The molecule has 1 aliphatic heterocycles. The number of morpholine rings is 1. The normalized spacial score (nSPS) is 14.9. The Morgan fingerprint density at radius 1 is 1.17 bits per heavy atom. The number of hydrogen-bond acceptors (Lipinski definition) is 8. The molecule has 3 aromatic heterocycles. The second-order valence-electron chi connectivity index (χ2n) is 9.79. The molecule has 4 heterocycles. The first-order valence-corrected chi connectivity index (χ1v) is 13.4. The van der Waals surface area contributed by atoms with Crippen LogP contribution in [-0.4, -0.2) is 77.6 Å². The molecule has 0 bridgehead atoms. The van der Waals surface area contributed by atoms with Gasteiger partial charge < -0.3 is 24.5 Å². The molecular formula is C30H33N7O4. The Morgan fingerprint density at radius 2 is 1.98 bits per heavy atom. The highest BCUT2D eigenvalue weighted by molar-refractivity contribution is 6.04.